The lowest BCUT2D eigenvalue weighted by Crippen LogP contribution is -2.39. The van der Waals surface area contributed by atoms with E-state index in [1.807, 2.05) is 23.1 Å². The summed E-state index contributed by atoms with van der Waals surface area (Å²) in [6.07, 6.45) is 2.59. The Kier molecular flexibility index (Phi) is 3.34. The Hall–Kier alpha value is -2.33. The van der Waals surface area contributed by atoms with Gasteiger partial charge in [-0.1, -0.05) is 35.9 Å². The molecule has 0 aliphatic carbocycles. The van der Waals surface area contributed by atoms with Crippen molar-refractivity contribution in [3.63, 3.8) is 0 Å². The molecule has 0 unspecified atom stereocenters. The van der Waals surface area contributed by atoms with E-state index in [4.69, 9.17) is 11.6 Å². The number of hydrogen-bond acceptors (Lipinski definition) is 2. The van der Waals surface area contributed by atoms with E-state index >= 15 is 0 Å². The molecule has 1 aliphatic rings. The molecule has 23 heavy (non-hydrogen) atoms. The van der Waals surface area contributed by atoms with Gasteiger partial charge in [0.15, 0.2) is 5.69 Å². The number of amides is 1. The third kappa shape index (κ3) is 2.39. The molecule has 0 radical (unpaired) electrons. The number of carbonyl (C=O) groups is 1. The molecule has 0 saturated carbocycles. The highest BCUT2D eigenvalue weighted by atomic mass is 35.5. The van der Waals surface area contributed by atoms with Crippen LogP contribution in [0, 0.1) is 0 Å². The van der Waals surface area contributed by atoms with Gasteiger partial charge in [0, 0.05) is 12.7 Å². The van der Waals surface area contributed by atoms with Crippen LogP contribution in [0.15, 0.2) is 48.7 Å². The van der Waals surface area contributed by atoms with Crippen molar-refractivity contribution in [2.24, 2.45) is 0 Å². The maximum Gasteiger partial charge on any atom is 0.274 e. The molecule has 1 aromatic carbocycles. The first-order chi connectivity index (χ1) is 11.1. The summed E-state index contributed by atoms with van der Waals surface area (Å²) >= 11 is 5.98. The van der Waals surface area contributed by atoms with E-state index in [0.717, 1.165) is 11.9 Å². The van der Waals surface area contributed by atoms with Crippen molar-refractivity contribution >= 4 is 23.0 Å². The van der Waals surface area contributed by atoms with Gasteiger partial charge >= 0.3 is 0 Å². The standard InChI is InChI=1S/C18H16ClN3O/c1-12-16-5-3-2-4-13(16)8-9-21(12)18(23)17-10-15-7-6-14(19)11-22(15)20-17/h2-7,10-12H,8-9H2,1H3/t12-/m0/s1. The van der Waals surface area contributed by atoms with Gasteiger partial charge in [-0.3, -0.25) is 4.79 Å². The van der Waals surface area contributed by atoms with Gasteiger partial charge in [-0.2, -0.15) is 5.10 Å². The van der Waals surface area contributed by atoms with Crippen molar-refractivity contribution in [2.45, 2.75) is 19.4 Å². The predicted octanol–water partition coefficient (Wildman–Crippen LogP) is 3.75. The molecule has 0 saturated heterocycles. The van der Waals surface area contributed by atoms with Crippen molar-refractivity contribution in [1.82, 2.24) is 14.5 Å². The number of nitrogens with zero attached hydrogens (tertiary/aromatic N) is 3. The first-order valence-electron chi connectivity index (χ1n) is 7.67. The largest absolute Gasteiger partial charge is 0.330 e. The average molecular weight is 326 g/mol. The van der Waals surface area contributed by atoms with Gasteiger partial charge in [0.25, 0.3) is 5.91 Å². The van der Waals surface area contributed by atoms with E-state index < -0.39 is 0 Å². The molecule has 0 fully saturated rings. The zero-order chi connectivity index (χ0) is 16.0. The van der Waals surface area contributed by atoms with Gasteiger partial charge in [0.05, 0.1) is 16.6 Å². The van der Waals surface area contributed by atoms with Gasteiger partial charge in [0.2, 0.25) is 0 Å². The van der Waals surface area contributed by atoms with Gasteiger partial charge < -0.3 is 4.90 Å². The number of pyridine rings is 1. The van der Waals surface area contributed by atoms with Crippen LogP contribution in [-0.2, 0) is 6.42 Å². The van der Waals surface area contributed by atoms with E-state index in [1.54, 1.807) is 16.8 Å². The van der Waals surface area contributed by atoms with Gasteiger partial charge in [-0.25, -0.2) is 4.52 Å². The van der Waals surface area contributed by atoms with Gasteiger partial charge in [0.1, 0.15) is 0 Å². The fourth-order valence-electron chi connectivity index (χ4n) is 3.26. The Morgan fingerprint density at radius 3 is 2.96 bits per heavy atom. The molecule has 116 valence electrons. The van der Waals surface area contributed by atoms with Crippen molar-refractivity contribution in [3.8, 4) is 0 Å². The first-order valence-corrected chi connectivity index (χ1v) is 8.05. The molecule has 0 spiro atoms. The Bertz CT molecular complexity index is 902. The topological polar surface area (TPSA) is 37.6 Å². The predicted molar refractivity (Wildman–Crippen MR) is 89.8 cm³/mol. The van der Waals surface area contributed by atoms with Crippen LogP contribution in [0.5, 0.6) is 0 Å². The number of hydrogen-bond donors (Lipinski definition) is 0. The Morgan fingerprint density at radius 2 is 2.09 bits per heavy atom. The molecule has 2 aromatic heterocycles. The maximum absolute atomic E-state index is 12.9. The molecular formula is C18H16ClN3O. The summed E-state index contributed by atoms with van der Waals surface area (Å²) in [6.45, 7) is 2.79. The molecule has 3 heterocycles. The maximum atomic E-state index is 12.9. The molecule has 0 N–H and O–H groups in total. The minimum absolute atomic E-state index is 0.0353. The summed E-state index contributed by atoms with van der Waals surface area (Å²) in [5, 5.41) is 4.98. The van der Waals surface area contributed by atoms with E-state index in [1.165, 1.54) is 11.1 Å². The third-order valence-electron chi connectivity index (χ3n) is 4.50. The van der Waals surface area contributed by atoms with Crippen molar-refractivity contribution < 1.29 is 4.79 Å². The quantitative estimate of drug-likeness (QED) is 0.683. The van der Waals surface area contributed by atoms with Crippen LogP contribution in [0.2, 0.25) is 5.02 Å². The molecule has 1 aliphatic heterocycles. The van der Waals surface area contributed by atoms with Crippen LogP contribution in [-0.4, -0.2) is 27.0 Å². The summed E-state index contributed by atoms with van der Waals surface area (Å²) < 4.78 is 1.65. The molecule has 1 amide bonds. The van der Waals surface area contributed by atoms with Crippen molar-refractivity contribution in [3.05, 3.63) is 70.5 Å². The van der Waals surface area contributed by atoms with E-state index in [-0.39, 0.29) is 11.9 Å². The number of benzene rings is 1. The van der Waals surface area contributed by atoms with E-state index in [9.17, 15) is 4.79 Å². The van der Waals surface area contributed by atoms with Gasteiger partial charge in [-0.05, 0) is 42.7 Å². The van der Waals surface area contributed by atoms with Crippen LogP contribution >= 0.6 is 11.6 Å². The first kappa shape index (κ1) is 14.3. The SMILES string of the molecule is C[C@H]1c2ccccc2CCN1C(=O)c1cc2ccc(Cl)cn2n1. The highest BCUT2D eigenvalue weighted by Gasteiger charge is 2.29. The zero-order valence-corrected chi connectivity index (χ0v) is 13.5. The number of rotatable bonds is 1. The van der Waals surface area contributed by atoms with Crippen LogP contribution in [0.25, 0.3) is 5.52 Å². The van der Waals surface area contributed by atoms with Crippen LogP contribution in [0.3, 0.4) is 0 Å². The van der Waals surface area contributed by atoms with Crippen LogP contribution in [0.1, 0.15) is 34.6 Å². The number of fused-ring (bicyclic) bond motifs is 2. The van der Waals surface area contributed by atoms with Gasteiger partial charge in [-0.15, -0.1) is 0 Å². The molecule has 1 atom stereocenters. The summed E-state index contributed by atoms with van der Waals surface area (Å²) in [5.74, 6) is -0.0353. The van der Waals surface area contributed by atoms with Crippen molar-refractivity contribution in [2.75, 3.05) is 6.54 Å². The lowest BCUT2D eigenvalue weighted by molar-refractivity contribution is 0.0671. The summed E-state index contributed by atoms with van der Waals surface area (Å²) in [5.41, 5.74) is 3.87. The average Bonchev–Trinajstić information content (AvgIpc) is 2.98. The van der Waals surface area contributed by atoms with E-state index in [2.05, 4.69) is 30.2 Å². The second kappa shape index (κ2) is 5.39. The normalized spacial score (nSPS) is 17.3. The fraction of sp³-hybridized carbons (Fsp3) is 0.222. The number of halogens is 1. The number of carbonyl (C=O) groups excluding carboxylic acids is 1. The molecular weight excluding hydrogens is 310 g/mol. The fourth-order valence-corrected chi connectivity index (χ4v) is 3.42. The smallest absolute Gasteiger partial charge is 0.274 e. The van der Waals surface area contributed by atoms with Crippen molar-refractivity contribution in [1.29, 1.82) is 0 Å². The zero-order valence-electron chi connectivity index (χ0n) is 12.7. The summed E-state index contributed by atoms with van der Waals surface area (Å²) in [6, 6.07) is 13.8. The second-order valence-corrected chi connectivity index (χ2v) is 6.31. The minimum atomic E-state index is -0.0353. The molecule has 3 aromatic rings. The third-order valence-corrected chi connectivity index (χ3v) is 4.72. The molecule has 5 heteroatoms. The number of aromatic nitrogens is 2. The molecule has 4 rings (SSSR count). The Labute approximate surface area is 139 Å². The molecule has 4 nitrogen and oxygen atoms in total. The molecule has 0 bridgehead atoms. The Balaban J connectivity index is 1.68. The monoisotopic (exact) mass is 325 g/mol. The second-order valence-electron chi connectivity index (χ2n) is 5.87. The summed E-state index contributed by atoms with van der Waals surface area (Å²) in [7, 11) is 0. The van der Waals surface area contributed by atoms with E-state index in [0.29, 0.717) is 17.3 Å². The Morgan fingerprint density at radius 1 is 1.26 bits per heavy atom. The highest BCUT2D eigenvalue weighted by molar-refractivity contribution is 6.30. The minimum Gasteiger partial charge on any atom is -0.330 e. The van der Waals surface area contributed by atoms with Crippen LogP contribution in [0.4, 0.5) is 0 Å². The summed E-state index contributed by atoms with van der Waals surface area (Å²) in [4.78, 5) is 14.8. The lowest BCUT2D eigenvalue weighted by atomic mass is 9.93. The van der Waals surface area contributed by atoms with Crippen LogP contribution < -0.4 is 0 Å². The lowest BCUT2D eigenvalue weighted by Gasteiger charge is -2.34. The highest BCUT2D eigenvalue weighted by Crippen LogP contribution is 2.30.